The van der Waals surface area contributed by atoms with E-state index in [0.29, 0.717) is 11.3 Å². The summed E-state index contributed by atoms with van der Waals surface area (Å²) in [6.07, 6.45) is 3.84. The number of benzene rings is 7. The fourth-order valence-corrected chi connectivity index (χ4v) is 8.65. The summed E-state index contributed by atoms with van der Waals surface area (Å²) in [5.41, 5.74) is 12.6. The van der Waals surface area contributed by atoms with Crippen molar-refractivity contribution >= 4 is 71.1 Å². The van der Waals surface area contributed by atoms with Crippen molar-refractivity contribution in [3.63, 3.8) is 0 Å². The minimum atomic E-state index is 0.552. The van der Waals surface area contributed by atoms with E-state index in [0.717, 1.165) is 77.4 Å². The zero-order valence-electron chi connectivity index (χ0n) is 29.3. The van der Waals surface area contributed by atoms with Crippen LogP contribution in [0.15, 0.2) is 170 Å². The highest BCUT2D eigenvalue weighted by Gasteiger charge is 2.21. The molecule has 0 atom stereocenters. The number of aromatic nitrogens is 4. The van der Waals surface area contributed by atoms with E-state index in [-0.39, 0.29) is 0 Å². The minimum absolute atomic E-state index is 0.552. The number of para-hydroxylation sites is 3. The summed E-state index contributed by atoms with van der Waals surface area (Å²) < 4.78 is 6.87. The molecule has 0 fully saturated rings. The molecule has 0 unspecified atom stereocenters. The molecule has 0 bridgehead atoms. The molecule has 55 heavy (non-hydrogen) atoms. The third-order valence-corrected chi connectivity index (χ3v) is 10.9. The van der Waals surface area contributed by atoms with Gasteiger partial charge in [0.05, 0.1) is 57.5 Å². The number of fused-ring (bicyclic) bond motifs is 10. The molecule has 6 heteroatoms. The molecular weight excluding hydrogens is 673 g/mol. The quantitative estimate of drug-likeness (QED) is 0.172. The summed E-state index contributed by atoms with van der Waals surface area (Å²) in [6.45, 7) is 8.09. The molecule has 0 amide bonds. The third-order valence-electron chi connectivity index (χ3n) is 10.9. The Bertz CT molecular complexity index is 3460. The van der Waals surface area contributed by atoms with E-state index >= 15 is 0 Å². The van der Waals surface area contributed by atoms with Crippen molar-refractivity contribution in [2.45, 2.75) is 0 Å². The molecule has 4 heterocycles. The molecule has 0 aliphatic rings. The fraction of sp³-hybridized carbons (Fsp3) is 0. The van der Waals surface area contributed by atoms with Gasteiger partial charge in [-0.05, 0) is 102 Å². The van der Waals surface area contributed by atoms with Crippen LogP contribution in [0.3, 0.4) is 0 Å². The Balaban J connectivity index is 1.14. The highest BCUT2D eigenvalue weighted by molar-refractivity contribution is 6.28. The van der Waals surface area contributed by atoms with Gasteiger partial charge in [-0.1, -0.05) is 66.7 Å². The number of rotatable bonds is 4. The van der Waals surface area contributed by atoms with Crippen molar-refractivity contribution < 1.29 is 0 Å². The van der Waals surface area contributed by atoms with Crippen molar-refractivity contribution in [1.29, 1.82) is 5.26 Å². The predicted molar refractivity (Wildman–Crippen MR) is 224 cm³/mol. The van der Waals surface area contributed by atoms with E-state index in [9.17, 15) is 5.26 Å². The second-order valence-corrected chi connectivity index (χ2v) is 13.9. The van der Waals surface area contributed by atoms with Crippen LogP contribution in [0.1, 0.15) is 5.56 Å². The molecule has 254 valence electrons. The topological polar surface area (TPSA) is 55.8 Å². The normalized spacial score (nSPS) is 11.6. The lowest BCUT2D eigenvalue weighted by atomic mass is 10.0. The Morgan fingerprint density at radius 2 is 1.09 bits per heavy atom. The molecule has 0 spiro atoms. The lowest BCUT2D eigenvalue weighted by Gasteiger charge is -2.13. The molecule has 0 N–H and O–H groups in total. The third kappa shape index (κ3) is 4.50. The monoisotopic (exact) mass is 700 g/mol. The van der Waals surface area contributed by atoms with Crippen molar-refractivity contribution in [2.75, 3.05) is 0 Å². The van der Waals surface area contributed by atoms with Gasteiger partial charge in [0.2, 0.25) is 0 Å². The Hall–Kier alpha value is -7.93. The van der Waals surface area contributed by atoms with Crippen molar-refractivity contribution in [3.05, 3.63) is 187 Å². The molecule has 7 aromatic carbocycles. The minimum Gasteiger partial charge on any atom is -0.310 e. The molecule has 6 nitrogen and oxygen atoms in total. The number of hydrogen-bond acceptors (Lipinski definition) is 2. The van der Waals surface area contributed by atoms with Crippen LogP contribution in [0.4, 0.5) is 5.69 Å². The zero-order chi connectivity index (χ0) is 36.6. The summed E-state index contributed by atoms with van der Waals surface area (Å²) in [5, 5.41) is 16.5. The lowest BCUT2D eigenvalue weighted by molar-refractivity contribution is 1.16. The lowest BCUT2D eigenvalue weighted by Crippen LogP contribution is -1.96. The van der Waals surface area contributed by atoms with E-state index in [2.05, 4.69) is 145 Å². The average Bonchev–Trinajstić information content (AvgIpc) is 3.89. The van der Waals surface area contributed by atoms with Crippen molar-refractivity contribution in [1.82, 2.24) is 18.7 Å². The van der Waals surface area contributed by atoms with Gasteiger partial charge in [0.25, 0.3) is 0 Å². The predicted octanol–water partition coefficient (Wildman–Crippen LogP) is 12.5. The molecule has 4 aromatic heterocycles. The van der Waals surface area contributed by atoms with E-state index in [1.54, 1.807) is 0 Å². The van der Waals surface area contributed by atoms with Crippen LogP contribution in [0.2, 0.25) is 0 Å². The van der Waals surface area contributed by atoms with Gasteiger partial charge < -0.3 is 13.7 Å². The largest absolute Gasteiger partial charge is 0.310 e. The highest BCUT2D eigenvalue weighted by Crippen LogP contribution is 2.43. The SMILES string of the molecule is [C-]#[N+]c1cc(-c2cccc(-n3c4cnccc4c4c5c6ccccc6n(-c6ccccc6)c5ccc43)c2)cc(-n2c3ccccc3c3cc(C#N)ccc32)c1. The van der Waals surface area contributed by atoms with Crippen LogP contribution in [-0.2, 0) is 0 Å². The first-order valence-electron chi connectivity index (χ1n) is 18.1. The van der Waals surface area contributed by atoms with Crippen LogP contribution >= 0.6 is 0 Å². The number of nitrogens with zero attached hydrogens (tertiary/aromatic N) is 6. The standard InChI is InChI=1S/C49H28N6/c1-51-34-25-33(27-37(28-34)55-42-16-7-5-14-38(42)41-24-31(29-50)18-19-44(41)55)32-10-9-13-36(26-32)54-46-21-20-45-48(49(46)40-22-23-52-30-47(40)54)39-15-6-8-17-43(39)53(45)35-11-3-2-4-12-35/h2-28,30H. The maximum Gasteiger partial charge on any atom is 0.189 e. The number of nitriles is 1. The first-order valence-corrected chi connectivity index (χ1v) is 18.1. The summed E-state index contributed by atoms with van der Waals surface area (Å²) in [6, 6.07) is 56.8. The maximum atomic E-state index is 9.67. The van der Waals surface area contributed by atoms with Gasteiger partial charge in [-0.2, -0.15) is 5.26 Å². The molecule has 11 rings (SSSR count). The molecule has 0 saturated heterocycles. The molecule has 0 aliphatic heterocycles. The van der Waals surface area contributed by atoms with Crippen molar-refractivity contribution in [2.24, 2.45) is 0 Å². The van der Waals surface area contributed by atoms with Gasteiger partial charge in [-0.3, -0.25) is 4.98 Å². The van der Waals surface area contributed by atoms with Crippen LogP contribution in [0.5, 0.6) is 0 Å². The highest BCUT2D eigenvalue weighted by atomic mass is 15.0. The Labute approximate surface area is 315 Å². The maximum absolute atomic E-state index is 9.67. The fourth-order valence-electron chi connectivity index (χ4n) is 8.65. The zero-order valence-corrected chi connectivity index (χ0v) is 29.3. The van der Waals surface area contributed by atoms with Gasteiger partial charge in [0.15, 0.2) is 5.69 Å². The van der Waals surface area contributed by atoms with Gasteiger partial charge in [-0.25, -0.2) is 4.85 Å². The second-order valence-electron chi connectivity index (χ2n) is 13.9. The average molecular weight is 701 g/mol. The smallest absolute Gasteiger partial charge is 0.189 e. The Morgan fingerprint density at radius 3 is 1.87 bits per heavy atom. The first kappa shape index (κ1) is 30.7. The second kappa shape index (κ2) is 11.8. The summed E-state index contributed by atoms with van der Waals surface area (Å²) in [5.74, 6) is 0. The van der Waals surface area contributed by atoms with Gasteiger partial charge >= 0.3 is 0 Å². The van der Waals surface area contributed by atoms with E-state index in [4.69, 9.17) is 6.57 Å². The van der Waals surface area contributed by atoms with Gasteiger partial charge in [0, 0.05) is 55.6 Å². The summed E-state index contributed by atoms with van der Waals surface area (Å²) >= 11 is 0. The van der Waals surface area contributed by atoms with Gasteiger partial charge in [-0.15, -0.1) is 0 Å². The number of hydrogen-bond donors (Lipinski definition) is 0. The van der Waals surface area contributed by atoms with E-state index < -0.39 is 0 Å². The van der Waals surface area contributed by atoms with Crippen LogP contribution in [0.25, 0.3) is 98.5 Å². The van der Waals surface area contributed by atoms with E-state index in [1.807, 2.05) is 54.9 Å². The summed E-state index contributed by atoms with van der Waals surface area (Å²) in [4.78, 5) is 8.54. The van der Waals surface area contributed by atoms with Crippen molar-refractivity contribution in [3.8, 4) is 34.3 Å². The van der Waals surface area contributed by atoms with E-state index in [1.165, 1.54) is 16.2 Å². The molecule has 0 radical (unpaired) electrons. The molecule has 0 aliphatic carbocycles. The summed E-state index contributed by atoms with van der Waals surface area (Å²) in [7, 11) is 0. The molecular formula is C49H28N6. The van der Waals surface area contributed by atoms with Crippen LogP contribution < -0.4 is 0 Å². The van der Waals surface area contributed by atoms with Crippen LogP contribution in [-0.4, -0.2) is 18.7 Å². The molecule has 0 saturated carbocycles. The van der Waals surface area contributed by atoms with Gasteiger partial charge in [0.1, 0.15) is 0 Å². The van der Waals surface area contributed by atoms with Crippen LogP contribution in [0, 0.1) is 17.9 Å². The Morgan fingerprint density at radius 1 is 0.473 bits per heavy atom. The Kier molecular flexibility index (Phi) is 6.58. The molecule has 11 aromatic rings. The first-order chi connectivity index (χ1) is 27.2. The number of pyridine rings is 1.